The maximum atomic E-state index is 11.3. The van der Waals surface area contributed by atoms with Gasteiger partial charge in [0.25, 0.3) is 0 Å². The van der Waals surface area contributed by atoms with Crippen molar-refractivity contribution in [3.8, 4) is 17.0 Å². The van der Waals surface area contributed by atoms with Gasteiger partial charge in [-0.05, 0) is 52.9 Å². The second kappa shape index (κ2) is 7.80. The molecule has 0 spiro atoms. The van der Waals surface area contributed by atoms with Crippen LogP contribution < -0.4 is 15.8 Å². The van der Waals surface area contributed by atoms with Crippen LogP contribution in [0.25, 0.3) is 11.3 Å². The lowest BCUT2D eigenvalue weighted by molar-refractivity contribution is 0.127. The lowest BCUT2D eigenvalue weighted by atomic mass is 9.81. The van der Waals surface area contributed by atoms with E-state index in [4.69, 9.17) is 10.5 Å². The lowest BCUT2D eigenvalue weighted by Gasteiger charge is -2.35. The van der Waals surface area contributed by atoms with Crippen molar-refractivity contribution in [2.24, 2.45) is 12.5 Å². The number of rotatable bonds is 6. The molecule has 27 heavy (non-hydrogen) atoms. The Morgan fingerprint density at radius 3 is 2.56 bits per heavy atom. The van der Waals surface area contributed by atoms with Crippen LogP contribution in [0.2, 0.25) is 0 Å². The zero-order chi connectivity index (χ0) is 20.4. The van der Waals surface area contributed by atoms with Gasteiger partial charge in [0.15, 0.2) is 0 Å². The number of carbonyl (C=O) groups is 1. The molecule has 1 unspecified atom stereocenters. The molecule has 0 saturated heterocycles. The molecule has 2 rings (SSSR count). The van der Waals surface area contributed by atoms with Gasteiger partial charge in [-0.15, -0.1) is 0 Å². The molecule has 4 N–H and O–H groups in total. The quantitative estimate of drug-likeness (QED) is 0.584. The Hall–Kier alpha value is -2.22. The van der Waals surface area contributed by atoms with E-state index in [9.17, 15) is 9.90 Å². The number of benzene rings is 1. The highest BCUT2D eigenvalue weighted by Gasteiger charge is 2.33. The summed E-state index contributed by atoms with van der Waals surface area (Å²) in [6.07, 6.45) is 1.25. The molecule has 1 amide bonds. The molecule has 1 heterocycles. The second-order valence-corrected chi connectivity index (χ2v) is 9.09. The summed E-state index contributed by atoms with van der Waals surface area (Å²) in [5, 5.41) is 16.1. The van der Waals surface area contributed by atoms with Crippen LogP contribution in [0.5, 0.6) is 5.75 Å². The largest absolute Gasteiger partial charge is 0.490 e. The number of aryl methyl sites for hydroxylation is 1. The zero-order valence-electron chi connectivity index (χ0n) is 16.3. The minimum Gasteiger partial charge on any atom is -0.490 e. The van der Waals surface area contributed by atoms with Gasteiger partial charge in [-0.2, -0.15) is 5.10 Å². The average molecular weight is 439 g/mol. The van der Waals surface area contributed by atoms with E-state index in [2.05, 4.69) is 47.1 Å². The van der Waals surface area contributed by atoms with Crippen LogP contribution in [-0.2, 0) is 7.05 Å². The number of hydrogen-bond acceptors (Lipinski definition) is 4. The van der Waals surface area contributed by atoms with Gasteiger partial charge in [-0.25, -0.2) is 4.79 Å². The summed E-state index contributed by atoms with van der Waals surface area (Å²) in [6.45, 7) is 8.23. The topological polar surface area (TPSA) is 102 Å². The maximum absolute atomic E-state index is 11.3. The highest BCUT2D eigenvalue weighted by atomic mass is 79.9. The minimum atomic E-state index is -1.07. The first-order valence-corrected chi connectivity index (χ1v) is 9.41. The third-order valence-corrected chi connectivity index (χ3v) is 4.61. The Bertz CT molecular complexity index is 809. The number of nitrogens with one attached hydrogen (secondary N) is 1. The number of carboxylic acid groups (broad SMARTS) is 1. The number of nitrogens with two attached hydrogens (primary N) is 1. The summed E-state index contributed by atoms with van der Waals surface area (Å²) in [5.41, 5.74) is 7.38. The van der Waals surface area contributed by atoms with Crippen molar-refractivity contribution in [1.29, 1.82) is 0 Å². The molecule has 0 aliphatic carbocycles. The van der Waals surface area contributed by atoms with Crippen LogP contribution in [-0.4, -0.2) is 33.1 Å². The highest BCUT2D eigenvalue weighted by Crippen LogP contribution is 2.37. The third-order valence-electron chi connectivity index (χ3n) is 4.03. The summed E-state index contributed by atoms with van der Waals surface area (Å²) in [6, 6.07) is 5.38. The first kappa shape index (κ1) is 21.1. The summed E-state index contributed by atoms with van der Waals surface area (Å²) in [5.74, 6) is 0.612. The number of halogens is 1. The van der Waals surface area contributed by atoms with E-state index in [-0.39, 0.29) is 12.0 Å². The second-order valence-electron chi connectivity index (χ2n) is 8.24. The Morgan fingerprint density at radius 1 is 1.37 bits per heavy atom. The predicted molar refractivity (Wildman–Crippen MR) is 110 cm³/mol. The Morgan fingerprint density at radius 2 is 2.04 bits per heavy atom. The van der Waals surface area contributed by atoms with Crippen molar-refractivity contribution in [3.63, 3.8) is 0 Å². The Labute approximate surface area is 168 Å². The van der Waals surface area contributed by atoms with Crippen LogP contribution in [0.15, 0.2) is 28.9 Å². The van der Waals surface area contributed by atoms with E-state index in [1.807, 2.05) is 20.0 Å². The summed E-state index contributed by atoms with van der Waals surface area (Å²) in [4.78, 5) is 11.3. The molecule has 2 aromatic rings. The first-order valence-electron chi connectivity index (χ1n) is 8.61. The molecule has 0 bridgehead atoms. The van der Waals surface area contributed by atoms with Crippen LogP contribution >= 0.6 is 15.9 Å². The van der Waals surface area contributed by atoms with Gasteiger partial charge in [0.2, 0.25) is 0 Å². The van der Waals surface area contributed by atoms with Crippen LogP contribution in [0.3, 0.4) is 0 Å². The number of amides is 1. The van der Waals surface area contributed by atoms with Gasteiger partial charge in [-0.3, -0.25) is 4.68 Å². The number of aromatic nitrogens is 2. The van der Waals surface area contributed by atoms with E-state index in [1.165, 1.54) is 0 Å². The van der Waals surface area contributed by atoms with E-state index < -0.39 is 11.6 Å². The SMILES string of the molecule is Cn1ncc(Br)c1-c1cc(N)ccc1OCC(C)(CC(C)(C)C)NC(=O)O. The molecule has 7 nitrogen and oxygen atoms in total. The van der Waals surface area contributed by atoms with Gasteiger partial charge < -0.3 is 20.9 Å². The number of nitrogen functional groups attached to an aromatic ring is 1. The van der Waals surface area contributed by atoms with Gasteiger partial charge >= 0.3 is 6.09 Å². The van der Waals surface area contributed by atoms with E-state index in [0.29, 0.717) is 17.9 Å². The van der Waals surface area contributed by atoms with Gasteiger partial charge in [0.05, 0.1) is 21.9 Å². The fourth-order valence-corrected chi connectivity index (χ4v) is 3.93. The highest BCUT2D eigenvalue weighted by molar-refractivity contribution is 9.10. The molecule has 1 aromatic carbocycles. The molecule has 8 heteroatoms. The third kappa shape index (κ3) is 5.63. The molecule has 0 aliphatic heterocycles. The van der Waals surface area contributed by atoms with Crippen molar-refractivity contribution in [3.05, 3.63) is 28.9 Å². The molecule has 1 aromatic heterocycles. The monoisotopic (exact) mass is 438 g/mol. The number of anilines is 1. The Kier molecular flexibility index (Phi) is 6.09. The summed E-state index contributed by atoms with van der Waals surface area (Å²) < 4.78 is 8.65. The molecule has 148 valence electrons. The zero-order valence-corrected chi connectivity index (χ0v) is 17.9. The number of hydrogen-bond donors (Lipinski definition) is 3. The fourth-order valence-electron chi connectivity index (χ4n) is 3.37. The van der Waals surface area contributed by atoms with Gasteiger partial charge in [0, 0.05) is 18.3 Å². The molecule has 1 atom stereocenters. The smallest absolute Gasteiger partial charge is 0.405 e. The molecule has 0 radical (unpaired) electrons. The average Bonchev–Trinajstić information content (AvgIpc) is 2.82. The van der Waals surface area contributed by atoms with Crippen LogP contribution in [0.4, 0.5) is 10.5 Å². The summed E-state index contributed by atoms with van der Waals surface area (Å²) >= 11 is 3.51. The van der Waals surface area contributed by atoms with Crippen molar-refractivity contribution >= 4 is 27.7 Å². The van der Waals surface area contributed by atoms with Gasteiger partial charge in [-0.1, -0.05) is 20.8 Å². The Balaban J connectivity index is 2.35. The molecule has 0 saturated carbocycles. The van der Waals surface area contributed by atoms with Crippen LogP contribution in [0.1, 0.15) is 34.1 Å². The lowest BCUT2D eigenvalue weighted by Crippen LogP contribution is -2.52. The molecular weight excluding hydrogens is 412 g/mol. The fraction of sp³-hybridized carbons (Fsp3) is 0.474. The predicted octanol–water partition coefficient (Wildman–Crippen LogP) is 4.27. The molecule has 0 aliphatic rings. The minimum absolute atomic E-state index is 0.0738. The van der Waals surface area contributed by atoms with Crippen LogP contribution in [0, 0.1) is 5.41 Å². The van der Waals surface area contributed by atoms with Gasteiger partial charge in [0.1, 0.15) is 12.4 Å². The number of nitrogens with zero attached hydrogens (tertiary/aromatic N) is 2. The summed E-state index contributed by atoms with van der Waals surface area (Å²) in [7, 11) is 1.84. The normalized spacial score (nSPS) is 13.9. The van der Waals surface area contributed by atoms with E-state index in [0.717, 1.165) is 15.7 Å². The van der Waals surface area contributed by atoms with Crippen molar-refractivity contribution < 1.29 is 14.6 Å². The maximum Gasteiger partial charge on any atom is 0.405 e. The first-order chi connectivity index (χ1) is 12.4. The molecule has 0 fully saturated rings. The number of ether oxygens (including phenoxy) is 1. The van der Waals surface area contributed by atoms with E-state index >= 15 is 0 Å². The van der Waals surface area contributed by atoms with E-state index in [1.54, 1.807) is 23.0 Å². The van der Waals surface area contributed by atoms with Crippen molar-refractivity contribution in [2.75, 3.05) is 12.3 Å². The molecular formula is C19H27BrN4O3. The van der Waals surface area contributed by atoms with Crippen molar-refractivity contribution in [1.82, 2.24) is 15.1 Å². The van der Waals surface area contributed by atoms with Crippen molar-refractivity contribution in [2.45, 2.75) is 39.7 Å². The standard InChI is InChI=1S/C19H27BrN4O3/c1-18(2,3)10-19(4,23-17(25)26)11-27-15-7-6-12(21)8-13(15)16-14(20)9-22-24(16)5/h6-9,23H,10-11,21H2,1-5H3,(H,25,26).